The Kier molecular flexibility index (Phi) is 27.3. The molecule has 1 aliphatic carbocycles. The Bertz CT molecular complexity index is 103. The van der Waals surface area contributed by atoms with Crippen LogP contribution in [-0.2, 0) is 21.1 Å². The molecule has 0 heterocycles. The molecule has 0 atom stereocenters. The Hall–Kier alpha value is 0.458. The zero-order valence-corrected chi connectivity index (χ0v) is 9.58. The number of rotatable bonds is 0. The normalized spacial score (nSPS) is 11.1. The molecule has 0 aromatic carbocycles. The van der Waals surface area contributed by atoms with Gasteiger partial charge in [0, 0.05) is 0 Å². The smallest absolute Gasteiger partial charge is 0.358 e. The van der Waals surface area contributed by atoms with E-state index >= 15 is 0 Å². The summed E-state index contributed by atoms with van der Waals surface area (Å²) in [6.45, 7) is 0. The maximum absolute atomic E-state index is 5.43. The number of hydrogen-bond donors (Lipinski definition) is 0. The Morgan fingerprint density at radius 2 is 1.80 bits per heavy atom. The molecule has 0 saturated carbocycles. The quantitative estimate of drug-likeness (QED) is 0.595. The van der Waals surface area contributed by atoms with E-state index in [0.29, 0.717) is 0 Å². The minimum absolute atomic E-state index is 0. The monoisotopic (exact) mass is 339 g/mol. The fourth-order valence-electron chi connectivity index (χ4n) is 0.378. The Balaban J connectivity index is -0.0000000450. The minimum Gasteiger partial charge on any atom is -0.358 e. The summed E-state index contributed by atoms with van der Waals surface area (Å²) in [5, 5.41) is 0.745. The molecule has 0 aromatic rings. The van der Waals surface area contributed by atoms with Gasteiger partial charge in [-0.3, -0.25) is 6.08 Å². The van der Waals surface area contributed by atoms with Gasteiger partial charge in [0.25, 0.3) is 0 Å². The fourth-order valence-corrected chi connectivity index (χ4v) is 0.544. The van der Waals surface area contributed by atoms with E-state index in [9.17, 15) is 0 Å². The van der Waals surface area contributed by atoms with E-state index in [1.807, 2.05) is 12.2 Å². The van der Waals surface area contributed by atoms with Gasteiger partial charge in [-0.1, -0.05) is 0 Å². The average molecular weight is 340 g/mol. The van der Waals surface area contributed by atoms with E-state index in [0.717, 1.165) is 11.5 Å². The topological polar surface area (TPSA) is 0 Å². The average Bonchev–Trinajstić information content (AvgIpc) is 1.86. The van der Waals surface area contributed by atoms with Crippen molar-refractivity contribution in [1.82, 2.24) is 0 Å². The first-order valence-corrected chi connectivity index (χ1v) is 2.20. The molecule has 0 amide bonds. The molecule has 0 spiro atoms. The zero-order valence-electron chi connectivity index (χ0n) is 6.56. The third-order valence-electron chi connectivity index (χ3n) is 0.653. The summed E-state index contributed by atoms with van der Waals surface area (Å²) >= 11 is 5.43. The molecular weight excluding hydrogens is 327 g/mol. The summed E-state index contributed by atoms with van der Waals surface area (Å²) in [5.41, 5.74) is 0. The van der Waals surface area contributed by atoms with Gasteiger partial charge in [-0.25, -0.2) is 0 Å². The third kappa shape index (κ3) is 8.46. The van der Waals surface area contributed by atoms with Crippen molar-refractivity contribution in [3.8, 4) is 0 Å². The van der Waals surface area contributed by atoms with Crippen LogP contribution in [0.25, 0.3) is 0 Å². The fraction of sp³-hybridized carbons (Fsp3) is 0.125. The third-order valence-corrected chi connectivity index (χ3v) is 0.913. The van der Waals surface area contributed by atoms with Crippen molar-refractivity contribution in [2.75, 3.05) is 0 Å². The zero-order chi connectivity index (χ0) is 4.41. The molecule has 10 heavy (non-hydrogen) atoms. The second-order valence-electron chi connectivity index (χ2n) is 1.13. The largest absolute Gasteiger partial charge is 4.00 e. The second-order valence-corrected chi connectivity index (χ2v) is 1.54. The van der Waals surface area contributed by atoms with Crippen molar-refractivity contribution in [2.24, 2.45) is 0 Å². The van der Waals surface area contributed by atoms with Crippen LogP contribution in [0.1, 0.15) is 6.42 Å². The van der Waals surface area contributed by atoms with E-state index in [4.69, 9.17) is 11.6 Å². The predicted molar refractivity (Wildman–Crippen MR) is 45.6 cm³/mol. The van der Waals surface area contributed by atoms with Crippen LogP contribution in [-0.4, -0.2) is 0 Å². The molecule has 0 radical (unpaired) electrons. The van der Waals surface area contributed by atoms with Crippen molar-refractivity contribution >= 4 is 11.6 Å². The van der Waals surface area contributed by atoms with E-state index in [-0.39, 0.29) is 43.3 Å². The number of hydrogen-bond acceptors (Lipinski definition) is 0. The first-order valence-electron chi connectivity index (χ1n) is 1.82. The maximum Gasteiger partial charge on any atom is 4.00 e. The number of halogens is 1. The van der Waals surface area contributed by atoms with E-state index < -0.39 is 0 Å². The first-order chi connectivity index (χ1) is 2.89. The van der Waals surface area contributed by atoms with Crippen LogP contribution in [0.5, 0.6) is 0 Å². The first kappa shape index (κ1) is 22.4. The molecule has 0 aromatic heterocycles. The van der Waals surface area contributed by atoms with Gasteiger partial charge in [0.05, 0.1) is 0 Å². The summed E-state index contributed by atoms with van der Waals surface area (Å²) < 4.78 is 0. The number of allylic oxidation sites excluding steroid dienone is 4. The van der Waals surface area contributed by atoms with Crippen LogP contribution in [0.3, 0.4) is 0 Å². The summed E-state index contributed by atoms with van der Waals surface area (Å²) in [4.78, 5) is 0. The van der Waals surface area contributed by atoms with Crippen molar-refractivity contribution in [3.05, 3.63) is 45.5 Å². The van der Waals surface area contributed by atoms with Crippen LogP contribution in [0.4, 0.5) is 0 Å². The summed E-state index contributed by atoms with van der Waals surface area (Å²) in [5.74, 6) is 0. The molecule has 0 aliphatic heterocycles. The molecule has 1 aliphatic rings. The Morgan fingerprint density at radius 1 is 1.30 bits per heavy atom. The van der Waals surface area contributed by atoms with E-state index in [2.05, 4.69) is 6.08 Å². The summed E-state index contributed by atoms with van der Waals surface area (Å²) in [6, 6.07) is 0. The summed E-state index contributed by atoms with van der Waals surface area (Å²) in [7, 11) is 0. The van der Waals surface area contributed by atoms with Crippen LogP contribution in [0.15, 0.2) is 17.2 Å². The molecule has 0 bridgehead atoms. The Labute approximate surface area is 84.6 Å². The summed E-state index contributed by atoms with van der Waals surface area (Å²) in [6.07, 6.45) is 7.60. The van der Waals surface area contributed by atoms with Gasteiger partial charge in [-0.15, -0.1) is 23.1 Å². The van der Waals surface area contributed by atoms with E-state index in [1.54, 1.807) is 0 Å². The predicted octanol–water partition coefficient (Wildman–Crippen LogP) is 3.22. The van der Waals surface area contributed by atoms with Gasteiger partial charge < -0.3 is 22.3 Å². The van der Waals surface area contributed by atoms with Gasteiger partial charge in [-0.05, 0) is 0 Å². The standard InChI is InChI=1S/C5H4Cl.3CH3.Pt/c6-5-3-1-2-4-5;;;;/h1,3H,2H2;3*1H3;/q4*-1;+4. The molecule has 2 heteroatoms. The minimum atomic E-state index is 0. The van der Waals surface area contributed by atoms with Gasteiger partial charge in [0.1, 0.15) is 0 Å². The van der Waals surface area contributed by atoms with Gasteiger partial charge in [0.2, 0.25) is 0 Å². The maximum atomic E-state index is 5.43. The molecule has 0 nitrogen and oxygen atoms in total. The van der Waals surface area contributed by atoms with Gasteiger partial charge >= 0.3 is 21.1 Å². The van der Waals surface area contributed by atoms with Crippen LogP contribution in [0, 0.1) is 28.4 Å². The SMILES string of the molecule is ClC1=[C-]CC=C1.[CH3-].[CH3-].[CH3-].[Pt+4]. The molecule has 0 unspecified atom stereocenters. The van der Waals surface area contributed by atoms with Crippen molar-refractivity contribution in [3.63, 3.8) is 0 Å². The molecule has 0 fully saturated rings. The van der Waals surface area contributed by atoms with Crippen molar-refractivity contribution < 1.29 is 21.1 Å². The van der Waals surface area contributed by atoms with E-state index in [1.165, 1.54) is 0 Å². The molecular formula is C8H13ClPt. The van der Waals surface area contributed by atoms with Crippen LogP contribution < -0.4 is 0 Å². The van der Waals surface area contributed by atoms with Crippen molar-refractivity contribution in [1.29, 1.82) is 0 Å². The van der Waals surface area contributed by atoms with Gasteiger partial charge in [-0.2, -0.15) is 12.2 Å². The van der Waals surface area contributed by atoms with Crippen molar-refractivity contribution in [2.45, 2.75) is 6.42 Å². The second kappa shape index (κ2) is 12.2. The van der Waals surface area contributed by atoms with Crippen LogP contribution >= 0.6 is 11.6 Å². The van der Waals surface area contributed by atoms with Crippen LogP contribution in [0.2, 0.25) is 0 Å². The Morgan fingerprint density at radius 3 is 1.90 bits per heavy atom. The molecule has 62 valence electrons. The molecule has 1 rings (SSSR count). The molecule has 0 saturated heterocycles. The van der Waals surface area contributed by atoms with Gasteiger partial charge in [0.15, 0.2) is 0 Å². The molecule has 0 N–H and O–H groups in total.